The van der Waals surface area contributed by atoms with E-state index in [-0.39, 0.29) is 15.0 Å². The number of aliphatic carboxylic acids is 1. The van der Waals surface area contributed by atoms with Crippen molar-refractivity contribution in [1.82, 2.24) is 5.32 Å². The van der Waals surface area contributed by atoms with Gasteiger partial charge in [-0.15, -0.1) is 0 Å². The van der Waals surface area contributed by atoms with Crippen molar-refractivity contribution in [3.05, 3.63) is 0 Å². The summed E-state index contributed by atoms with van der Waals surface area (Å²) in [5, 5.41) is 12.1. The molecule has 0 aliphatic carbocycles. The van der Waals surface area contributed by atoms with E-state index in [2.05, 4.69) is 5.32 Å². The number of Topliss-reactive ketones (excluding diaryl/α,β-unsaturated/α-hetero) is 1. The first kappa shape index (κ1) is 21.3. The van der Waals surface area contributed by atoms with E-state index in [9.17, 15) is 19.5 Å². The first-order chi connectivity index (χ1) is 10.1. The van der Waals surface area contributed by atoms with Crippen molar-refractivity contribution < 1.29 is 24.2 Å². The van der Waals surface area contributed by atoms with Gasteiger partial charge in [0.05, 0.1) is 0 Å². The maximum atomic E-state index is 12.4. The molecule has 0 spiro atoms. The van der Waals surface area contributed by atoms with E-state index < -0.39 is 35.4 Å². The Morgan fingerprint density at radius 3 is 2.32 bits per heavy atom. The molecule has 0 aromatic carbocycles. The zero-order valence-corrected chi connectivity index (χ0v) is 16.2. The number of carbonyl (C=O) groups is 3. The number of rotatable bonds is 9. The molecule has 1 unspecified atom stereocenters. The molecular weight excluding hydrogens is 373 g/mol. The van der Waals surface area contributed by atoms with Crippen LogP contribution < -0.4 is 5.32 Å². The zero-order valence-electron chi connectivity index (χ0n) is 13.7. The molecule has 22 heavy (non-hydrogen) atoms. The minimum absolute atomic E-state index is 0.0642. The number of ether oxygens (including phenoxy) is 1. The van der Waals surface area contributed by atoms with E-state index in [0.29, 0.717) is 17.5 Å². The fourth-order valence-corrected chi connectivity index (χ4v) is 3.47. The third-order valence-electron chi connectivity index (χ3n) is 2.62. The van der Waals surface area contributed by atoms with Crippen molar-refractivity contribution in [2.75, 3.05) is 12.0 Å². The zero-order chi connectivity index (χ0) is 17.3. The summed E-state index contributed by atoms with van der Waals surface area (Å²) in [6, 6.07) is -0.828. The molecule has 0 saturated heterocycles. The van der Waals surface area contributed by atoms with E-state index in [1.807, 2.05) is 12.1 Å². The average molecular weight is 398 g/mol. The minimum atomic E-state index is -1.13. The molecular formula is C14H25NO5SSe. The Labute approximate surface area is 142 Å². The third kappa shape index (κ3) is 8.66. The monoisotopic (exact) mass is 399 g/mol. The molecule has 0 aromatic rings. The van der Waals surface area contributed by atoms with Crippen molar-refractivity contribution >= 4 is 44.6 Å². The molecule has 6 nitrogen and oxygen atoms in total. The van der Waals surface area contributed by atoms with Crippen LogP contribution in [-0.2, 0) is 14.3 Å². The van der Waals surface area contributed by atoms with Crippen LogP contribution in [0.3, 0.4) is 0 Å². The van der Waals surface area contributed by atoms with Crippen LogP contribution in [0.2, 0.25) is 11.1 Å². The van der Waals surface area contributed by atoms with Crippen LogP contribution in [0.1, 0.15) is 27.2 Å². The topological polar surface area (TPSA) is 92.7 Å². The van der Waals surface area contributed by atoms with Gasteiger partial charge >= 0.3 is 142 Å². The van der Waals surface area contributed by atoms with Gasteiger partial charge in [-0.2, -0.15) is 0 Å². The van der Waals surface area contributed by atoms with Crippen LogP contribution in [0.4, 0.5) is 4.79 Å². The van der Waals surface area contributed by atoms with Gasteiger partial charge < -0.3 is 0 Å². The van der Waals surface area contributed by atoms with E-state index in [1.54, 1.807) is 20.8 Å². The third-order valence-corrected chi connectivity index (χ3v) is 4.66. The van der Waals surface area contributed by atoms with Crippen LogP contribution in [-0.4, -0.2) is 61.6 Å². The molecule has 1 amide bonds. The Hall–Kier alpha value is -0.721. The van der Waals surface area contributed by atoms with Crippen LogP contribution in [0.15, 0.2) is 0 Å². The summed E-state index contributed by atoms with van der Waals surface area (Å²) in [5.41, 5.74) is -0.671. The molecule has 0 aromatic heterocycles. The van der Waals surface area contributed by atoms with Crippen molar-refractivity contribution in [2.45, 2.75) is 50.0 Å². The molecule has 128 valence electrons. The van der Waals surface area contributed by atoms with Gasteiger partial charge in [-0.1, -0.05) is 0 Å². The molecule has 0 aliphatic heterocycles. The van der Waals surface area contributed by atoms with E-state index in [1.165, 1.54) is 11.8 Å². The van der Waals surface area contributed by atoms with Gasteiger partial charge in [0.15, 0.2) is 0 Å². The van der Waals surface area contributed by atoms with Crippen LogP contribution in [0.25, 0.3) is 0 Å². The van der Waals surface area contributed by atoms with Gasteiger partial charge in [0.2, 0.25) is 0 Å². The SMILES string of the molecule is CSCC[C@H](NC(=O)OC(C)(C)C)C(=O)C(C[Se]C)C(=O)O. The predicted molar refractivity (Wildman–Crippen MR) is 88.7 cm³/mol. The number of carboxylic acids is 1. The fraction of sp³-hybridized carbons (Fsp3) is 0.786. The van der Waals surface area contributed by atoms with Gasteiger partial charge in [0, 0.05) is 0 Å². The summed E-state index contributed by atoms with van der Waals surface area (Å²) in [6.07, 6.45) is 1.58. The molecule has 2 atom stereocenters. The van der Waals surface area contributed by atoms with E-state index >= 15 is 0 Å². The molecule has 8 heteroatoms. The number of carbonyl (C=O) groups excluding carboxylic acids is 2. The number of carboxylic acid groups (broad SMARTS) is 1. The number of hydrogen-bond acceptors (Lipinski definition) is 5. The van der Waals surface area contributed by atoms with Crippen molar-refractivity contribution in [3.63, 3.8) is 0 Å². The summed E-state index contributed by atoms with van der Waals surface area (Å²) in [6.45, 7) is 5.18. The number of hydrogen-bond donors (Lipinski definition) is 2. The summed E-state index contributed by atoms with van der Waals surface area (Å²) >= 11 is 1.60. The second-order valence-electron chi connectivity index (χ2n) is 5.73. The Bertz CT molecular complexity index is 397. The summed E-state index contributed by atoms with van der Waals surface area (Å²) in [4.78, 5) is 35.5. The maximum absolute atomic E-state index is 12.4. The summed E-state index contributed by atoms with van der Waals surface area (Å²) in [5.74, 6) is -0.110. The van der Waals surface area contributed by atoms with Gasteiger partial charge in [-0.05, 0) is 0 Å². The second kappa shape index (κ2) is 10.1. The van der Waals surface area contributed by atoms with Crippen LogP contribution in [0, 0.1) is 5.92 Å². The molecule has 0 bridgehead atoms. The van der Waals surface area contributed by atoms with E-state index in [0.717, 1.165) is 0 Å². The Kier molecular flexibility index (Phi) is 9.80. The Balaban J connectivity index is 4.97. The number of amides is 1. The van der Waals surface area contributed by atoms with Crippen molar-refractivity contribution in [3.8, 4) is 0 Å². The summed E-state index contributed by atoms with van der Waals surface area (Å²) < 4.78 is 5.15. The number of alkyl carbamates (subject to hydrolysis) is 1. The molecule has 0 fully saturated rings. The van der Waals surface area contributed by atoms with Crippen LogP contribution in [0.5, 0.6) is 0 Å². The number of thioether (sulfide) groups is 1. The van der Waals surface area contributed by atoms with Gasteiger partial charge in [0.1, 0.15) is 0 Å². The number of ketones is 1. The molecule has 0 radical (unpaired) electrons. The molecule has 2 N–H and O–H groups in total. The Morgan fingerprint density at radius 2 is 1.91 bits per heavy atom. The van der Waals surface area contributed by atoms with Gasteiger partial charge in [-0.3, -0.25) is 0 Å². The summed E-state index contributed by atoms with van der Waals surface area (Å²) in [7, 11) is 0. The number of nitrogens with one attached hydrogen (secondary N) is 1. The molecule has 0 heterocycles. The van der Waals surface area contributed by atoms with Gasteiger partial charge in [0.25, 0.3) is 0 Å². The average Bonchev–Trinajstić information content (AvgIpc) is 2.37. The molecule has 0 saturated carbocycles. The molecule has 0 rings (SSSR count). The molecule has 0 aliphatic rings. The standard InChI is InChI=1S/C14H25NO5SSe/c1-14(2,3)20-13(19)15-10(6-7-21-4)11(16)9(8-22-5)12(17)18/h9-10H,6-8H2,1-5H3,(H,15,19)(H,17,18)/t9?,10-/m0/s1. The van der Waals surface area contributed by atoms with E-state index in [4.69, 9.17) is 4.74 Å². The van der Waals surface area contributed by atoms with Crippen LogP contribution >= 0.6 is 11.8 Å². The first-order valence-corrected chi connectivity index (χ1v) is 11.2. The fourth-order valence-electron chi connectivity index (χ4n) is 1.66. The van der Waals surface area contributed by atoms with Crippen molar-refractivity contribution in [1.29, 1.82) is 0 Å². The first-order valence-electron chi connectivity index (χ1n) is 6.86. The second-order valence-corrected chi connectivity index (χ2v) is 8.63. The quantitative estimate of drug-likeness (QED) is 0.456. The Morgan fingerprint density at radius 1 is 1.32 bits per heavy atom. The normalized spacial score (nSPS) is 14.0. The predicted octanol–water partition coefficient (Wildman–Crippen LogP) is 2.07. The van der Waals surface area contributed by atoms with Crippen molar-refractivity contribution in [2.24, 2.45) is 5.92 Å². The van der Waals surface area contributed by atoms with Gasteiger partial charge in [-0.25, -0.2) is 0 Å².